The monoisotopic (exact) mass is 434 g/mol. The number of rotatable bonds is 2. The van der Waals surface area contributed by atoms with E-state index in [9.17, 15) is 0 Å². The summed E-state index contributed by atoms with van der Waals surface area (Å²) in [4.78, 5) is 9.15. The number of thiophene rings is 1. The zero-order valence-electron chi connectivity index (χ0n) is 18.2. The van der Waals surface area contributed by atoms with Gasteiger partial charge in [0.05, 0.1) is 0 Å². The van der Waals surface area contributed by atoms with E-state index in [-0.39, 0.29) is 5.41 Å². The average molecular weight is 435 g/mol. The molecule has 0 aliphatic rings. The van der Waals surface area contributed by atoms with E-state index >= 15 is 0 Å². The Hall–Kier alpha value is -3.50. The third-order valence-corrected chi connectivity index (χ3v) is 6.87. The number of furan rings is 1. The predicted molar refractivity (Wildman–Crippen MR) is 134 cm³/mol. The van der Waals surface area contributed by atoms with Crippen molar-refractivity contribution in [2.45, 2.75) is 26.2 Å². The van der Waals surface area contributed by atoms with Gasteiger partial charge in [0, 0.05) is 21.9 Å². The van der Waals surface area contributed by atoms with Crippen LogP contribution in [-0.2, 0) is 5.41 Å². The second-order valence-corrected chi connectivity index (χ2v) is 10.2. The first-order valence-corrected chi connectivity index (χ1v) is 11.6. The van der Waals surface area contributed by atoms with Crippen LogP contribution in [0.4, 0.5) is 0 Å². The highest BCUT2D eigenvalue weighted by molar-refractivity contribution is 7.17. The van der Waals surface area contributed by atoms with Gasteiger partial charge in [-0.15, -0.1) is 11.3 Å². The van der Waals surface area contributed by atoms with Crippen LogP contribution in [0.5, 0.6) is 0 Å². The van der Waals surface area contributed by atoms with E-state index in [0.717, 1.165) is 33.7 Å². The molecule has 0 saturated heterocycles. The van der Waals surface area contributed by atoms with Crippen LogP contribution in [0.25, 0.3) is 54.5 Å². The van der Waals surface area contributed by atoms with Gasteiger partial charge in [0.25, 0.3) is 0 Å². The molecular formula is C28H22N2OS. The molecule has 0 saturated carbocycles. The van der Waals surface area contributed by atoms with Gasteiger partial charge in [-0.1, -0.05) is 57.2 Å². The van der Waals surface area contributed by atoms with E-state index in [1.807, 2.05) is 6.07 Å². The Morgan fingerprint density at radius 1 is 0.812 bits per heavy atom. The highest BCUT2D eigenvalue weighted by Gasteiger charge is 2.20. The average Bonchev–Trinajstić information content (AvgIpc) is 3.43. The SMILES string of the molecule is CC(C)(C)c1cc(-c2ncnc3cc(-c4ccc5ccsc5c4)oc23)cc2ccccc12. The Morgan fingerprint density at radius 2 is 1.69 bits per heavy atom. The van der Waals surface area contributed by atoms with Crippen LogP contribution in [-0.4, -0.2) is 9.97 Å². The minimum atomic E-state index is 0.00615. The second kappa shape index (κ2) is 7.01. The molecule has 0 unspecified atom stereocenters. The van der Waals surface area contributed by atoms with E-state index in [0.29, 0.717) is 0 Å². The van der Waals surface area contributed by atoms with Crippen molar-refractivity contribution in [2.75, 3.05) is 0 Å². The van der Waals surface area contributed by atoms with Gasteiger partial charge in [-0.3, -0.25) is 0 Å². The molecule has 0 aliphatic heterocycles. The lowest BCUT2D eigenvalue weighted by molar-refractivity contribution is 0.596. The topological polar surface area (TPSA) is 38.9 Å². The van der Waals surface area contributed by atoms with Crippen LogP contribution in [0.1, 0.15) is 26.3 Å². The quantitative estimate of drug-likeness (QED) is 0.275. The summed E-state index contributed by atoms with van der Waals surface area (Å²) in [7, 11) is 0. The molecule has 32 heavy (non-hydrogen) atoms. The number of nitrogens with zero attached hydrogens (tertiary/aromatic N) is 2. The summed E-state index contributed by atoms with van der Waals surface area (Å²) in [5, 5.41) is 5.85. The number of hydrogen-bond acceptors (Lipinski definition) is 4. The zero-order chi connectivity index (χ0) is 21.9. The van der Waals surface area contributed by atoms with Crippen LogP contribution in [0.15, 0.2) is 82.9 Å². The van der Waals surface area contributed by atoms with E-state index in [1.165, 1.54) is 26.4 Å². The molecule has 3 heterocycles. The van der Waals surface area contributed by atoms with Gasteiger partial charge in [-0.25, -0.2) is 9.97 Å². The van der Waals surface area contributed by atoms with Crippen LogP contribution in [0, 0.1) is 0 Å². The minimum Gasteiger partial charge on any atom is -0.452 e. The summed E-state index contributed by atoms with van der Waals surface area (Å²) >= 11 is 1.74. The van der Waals surface area contributed by atoms with E-state index in [2.05, 4.69) is 96.8 Å². The lowest BCUT2D eigenvalue weighted by atomic mass is 9.82. The first kappa shape index (κ1) is 19.2. The van der Waals surface area contributed by atoms with Gasteiger partial charge in [0.2, 0.25) is 0 Å². The molecule has 3 aromatic heterocycles. The smallest absolute Gasteiger partial charge is 0.179 e. The predicted octanol–water partition coefficient (Wildman–Crippen LogP) is 8.22. The highest BCUT2D eigenvalue weighted by Crippen LogP contribution is 2.38. The molecular weight excluding hydrogens is 412 g/mol. The molecule has 0 N–H and O–H groups in total. The van der Waals surface area contributed by atoms with E-state index in [4.69, 9.17) is 4.42 Å². The Labute approximate surface area is 190 Å². The van der Waals surface area contributed by atoms with Gasteiger partial charge in [0.1, 0.15) is 23.3 Å². The molecule has 6 rings (SSSR count). The summed E-state index contributed by atoms with van der Waals surface area (Å²) < 4.78 is 7.63. The van der Waals surface area contributed by atoms with Crippen molar-refractivity contribution >= 4 is 43.3 Å². The molecule has 156 valence electrons. The molecule has 3 nitrogen and oxygen atoms in total. The maximum absolute atomic E-state index is 6.38. The van der Waals surface area contributed by atoms with Crippen molar-refractivity contribution in [3.63, 3.8) is 0 Å². The van der Waals surface area contributed by atoms with Crippen molar-refractivity contribution in [2.24, 2.45) is 0 Å². The van der Waals surface area contributed by atoms with Gasteiger partial charge in [-0.05, 0) is 56.8 Å². The molecule has 4 heteroatoms. The fraction of sp³-hybridized carbons (Fsp3) is 0.143. The largest absolute Gasteiger partial charge is 0.452 e. The van der Waals surface area contributed by atoms with Gasteiger partial charge in [0.15, 0.2) is 5.58 Å². The third kappa shape index (κ3) is 3.10. The Balaban J connectivity index is 1.56. The number of benzene rings is 3. The van der Waals surface area contributed by atoms with Crippen LogP contribution in [0.2, 0.25) is 0 Å². The molecule has 0 bridgehead atoms. The lowest BCUT2D eigenvalue weighted by Crippen LogP contribution is -2.12. The number of fused-ring (bicyclic) bond motifs is 3. The van der Waals surface area contributed by atoms with Gasteiger partial charge in [-0.2, -0.15) is 0 Å². The van der Waals surface area contributed by atoms with Gasteiger partial charge >= 0.3 is 0 Å². The molecule has 0 fully saturated rings. The first-order chi connectivity index (χ1) is 15.5. The Kier molecular flexibility index (Phi) is 4.21. The normalized spacial score (nSPS) is 12.2. The van der Waals surface area contributed by atoms with Crippen LogP contribution < -0.4 is 0 Å². The number of aromatic nitrogens is 2. The maximum Gasteiger partial charge on any atom is 0.179 e. The van der Waals surface area contributed by atoms with E-state index < -0.39 is 0 Å². The minimum absolute atomic E-state index is 0.00615. The highest BCUT2D eigenvalue weighted by atomic mass is 32.1. The molecule has 0 atom stereocenters. The van der Waals surface area contributed by atoms with Crippen molar-refractivity contribution in [3.05, 3.63) is 84.0 Å². The summed E-state index contributed by atoms with van der Waals surface area (Å²) in [5.74, 6) is 0.814. The van der Waals surface area contributed by atoms with Crippen molar-refractivity contribution < 1.29 is 4.42 Å². The summed E-state index contributed by atoms with van der Waals surface area (Å²) in [6.45, 7) is 6.75. The molecule has 0 amide bonds. The van der Waals surface area contributed by atoms with Gasteiger partial charge < -0.3 is 4.42 Å². The molecule has 0 spiro atoms. The second-order valence-electron chi connectivity index (χ2n) is 9.22. The Morgan fingerprint density at radius 3 is 2.56 bits per heavy atom. The lowest BCUT2D eigenvalue weighted by Gasteiger charge is -2.22. The van der Waals surface area contributed by atoms with Crippen LogP contribution in [0.3, 0.4) is 0 Å². The number of hydrogen-bond donors (Lipinski definition) is 0. The first-order valence-electron chi connectivity index (χ1n) is 10.7. The van der Waals surface area contributed by atoms with Crippen molar-refractivity contribution in [1.82, 2.24) is 9.97 Å². The van der Waals surface area contributed by atoms with Crippen molar-refractivity contribution in [3.8, 4) is 22.6 Å². The van der Waals surface area contributed by atoms with Crippen molar-refractivity contribution in [1.29, 1.82) is 0 Å². The molecule has 0 aliphatic carbocycles. The van der Waals surface area contributed by atoms with Crippen LogP contribution >= 0.6 is 11.3 Å². The molecule has 0 radical (unpaired) electrons. The van der Waals surface area contributed by atoms with E-state index in [1.54, 1.807) is 17.7 Å². The third-order valence-electron chi connectivity index (χ3n) is 6.00. The Bertz CT molecular complexity index is 1620. The fourth-order valence-corrected chi connectivity index (χ4v) is 5.21. The molecule has 6 aromatic rings. The zero-order valence-corrected chi connectivity index (χ0v) is 19.0. The molecule has 3 aromatic carbocycles. The standard InChI is InChI=1S/C28H22N2OS/c1-28(2,3)22-13-20(12-18-6-4-5-7-21(18)22)26-27-23(29-16-30-26)15-24(31-27)19-9-8-17-10-11-32-25(17)14-19/h4-16H,1-3H3. The summed E-state index contributed by atoms with van der Waals surface area (Å²) in [5.41, 5.74) is 5.78. The summed E-state index contributed by atoms with van der Waals surface area (Å²) in [6.07, 6.45) is 1.63. The maximum atomic E-state index is 6.38. The fourth-order valence-electron chi connectivity index (χ4n) is 4.38. The summed E-state index contributed by atoms with van der Waals surface area (Å²) in [6, 6.07) is 23.6.